The van der Waals surface area contributed by atoms with E-state index in [0.29, 0.717) is 16.3 Å². The largest absolute Gasteiger partial charge is 0.382 e. The monoisotopic (exact) mass is 329 g/mol. The van der Waals surface area contributed by atoms with E-state index in [1.807, 2.05) is 19.1 Å². The number of halogens is 2. The third-order valence-electron chi connectivity index (χ3n) is 2.64. The Morgan fingerprint density at radius 1 is 1.50 bits per heavy atom. The maximum atomic E-state index is 10.4. The fraction of sp³-hybridized carbons (Fsp3) is 0.333. The Labute approximate surface area is 119 Å². The summed E-state index contributed by atoms with van der Waals surface area (Å²) in [4.78, 5) is 0. The Kier molecular flexibility index (Phi) is 4.37. The van der Waals surface area contributed by atoms with E-state index in [-0.39, 0.29) is 0 Å². The summed E-state index contributed by atoms with van der Waals surface area (Å²) < 4.78 is 2.46. The molecule has 1 heterocycles. The molecule has 6 heteroatoms. The molecular formula is C12H13BrClN3O. The van der Waals surface area contributed by atoms with Gasteiger partial charge in [0.2, 0.25) is 0 Å². The molecule has 0 saturated heterocycles. The van der Waals surface area contributed by atoms with Crippen LogP contribution in [0.15, 0.2) is 28.9 Å². The van der Waals surface area contributed by atoms with E-state index in [1.165, 1.54) is 0 Å². The zero-order chi connectivity index (χ0) is 13.1. The third kappa shape index (κ3) is 2.58. The quantitative estimate of drug-likeness (QED) is 0.936. The molecule has 1 atom stereocenters. The van der Waals surface area contributed by atoms with Gasteiger partial charge in [0.25, 0.3) is 0 Å². The molecule has 2 aromatic rings. The Morgan fingerprint density at radius 2 is 2.28 bits per heavy atom. The standard InChI is InChI=1S/C12H13BrClN3O/c1-2-6-17-10(7-15-16-17)12(18)8-4-3-5-9(13)11(8)14/h3-5,7,12,18H,2,6H2,1H3. The number of rotatable bonds is 4. The summed E-state index contributed by atoms with van der Waals surface area (Å²) in [6.07, 6.45) is 1.67. The van der Waals surface area contributed by atoms with Crippen molar-refractivity contribution >= 4 is 27.5 Å². The number of aliphatic hydroxyl groups is 1. The van der Waals surface area contributed by atoms with Crippen molar-refractivity contribution in [1.29, 1.82) is 0 Å². The van der Waals surface area contributed by atoms with E-state index < -0.39 is 6.10 Å². The van der Waals surface area contributed by atoms with Gasteiger partial charge in [-0.05, 0) is 28.4 Å². The van der Waals surface area contributed by atoms with E-state index in [1.54, 1.807) is 16.9 Å². The van der Waals surface area contributed by atoms with Gasteiger partial charge in [0, 0.05) is 16.6 Å². The Morgan fingerprint density at radius 3 is 3.00 bits per heavy atom. The zero-order valence-corrected chi connectivity index (χ0v) is 12.2. The van der Waals surface area contributed by atoms with Crippen LogP contribution in [-0.4, -0.2) is 20.1 Å². The van der Waals surface area contributed by atoms with Crippen LogP contribution in [0.2, 0.25) is 5.02 Å². The van der Waals surface area contributed by atoms with Crippen molar-refractivity contribution in [2.45, 2.75) is 26.0 Å². The first-order valence-electron chi connectivity index (χ1n) is 5.65. The molecule has 1 N–H and O–H groups in total. The topological polar surface area (TPSA) is 50.9 Å². The van der Waals surface area contributed by atoms with Gasteiger partial charge in [-0.1, -0.05) is 35.9 Å². The Bertz CT molecular complexity index is 544. The molecule has 0 saturated carbocycles. The zero-order valence-electron chi connectivity index (χ0n) is 9.85. The number of aromatic nitrogens is 3. The van der Waals surface area contributed by atoms with E-state index >= 15 is 0 Å². The van der Waals surface area contributed by atoms with Crippen LogP contribution in [0.5, 0.6) is 0 Å². The number of aliphatic hydroxyl groups excluding tert-OH is 1. The average molecular weight is 331 g/mol. The molecule has 1 aromatic carbocycles. The molecule has 18 heavy (non-hydrogen) atoms. The van der Waals surface area contributed by atoms with Crippen LogP contribution in [0.25, 0.3) is 0 Å². The number of aryl methyl sites for hydroxylation is 1. The van der Waals surface area contributed by atoms with Crippen molar-refractivity contribution in [1.82, 2.24) is 15.0 Å². The molecule has 0 aliphatic carbocycles. The van der Waals surface area contributed by atoms with Crippen molar-refractivity contribution < 1.29 is 5.11 Å². The average Bonchev–Trinajstić information content (AvgIpc) is 2.80. The van der Waals surface area contributed by atoms with Gasteiger partial charge in [-0.3, -0.25) is 0 Å². The molecule has 0 amide bonds. The molecule has 2 rings (SSSR count). The van der Waals surface area contributed by atoms with Crippen LogP contribution in [0.3, 0.4) is 0 Å². The van der Waals surface area contributed by atoms with E-state index in [0.717, 1.165) is 17.4 Å². The summed E-state index contributed by atoms with van der Waals surface area (Å²) in [5, 5.41) is 18.7. The lowest BCUT2D eigenvalue weighted by Gasteiger charge is -2.14. The first kappa shape index (κ1) is 13.5. The predicted molar refractivity (Wildman–Crippen MR) is 73.5 cm³/mol. The second-order valence-corrected chi connectivity index (χ2v) is 5.16. The van der Waals surface area contributed by atoms with Gasteiger partial charge >= 0.3 is 0 Å². The van der Waals surface area contributed by atoms with Crippen molar-refractivity contribution in [2.24, 2.45) is 0 Å². The van der Waals surface area contributed by atoms with Crippen molar-refractivity contribution in [3.8, 4) is 0 Å². The summed E-state index contributed by atoms with van der Waals surface area (Å²) >= 11 is 9.52. The first-order valence-corrected chi connectivity index (χ1v) is 6.82. The van der Waals surface area contributed by atoms with Crippen LogP contribution < -0.4 is 0 Å². The van der Waals surface area contributed by atoms with E-state index in [4.69, 9.17) is 11.6 Å². The normalized spacial score (nSPS) is 12.7. The minimum absolute atomic E-state index is 0.509. The summed E-state index contributed by atoms with van der Waals surface area (Å²) in [7, 11) is 0. The molecule has 1 aromatic heterocycles. The van der Waals surface area contributed by atoms with Crippen LogP contribution in [0, 0.1) is 0 Å². The van der Waals surface area contributed by atoms with Crippen molar-refractivity contribution in [2.75, 3.05) is 0 Å². The van der Waals surface area contributed by atoms with Gasteiger partial charge in [0.05, 0.1) is 16.9 Å². The summed E-state index contributed by atoms with van der Waals surface area (Å²) in [6, 6.07) is 5.46. The molecule has 0 aliphatic rings. The molecule has 96 valence electrons. The third-order valence-corrected chi connectivity index (χ3v) is 3.95. The van der Waals surface area contributed by atoms with Gasteiger partial charge in [-0.15, -0.1) is 5.10 Å². The number of hydrogen-bond acceptors (Lipinski definition) is 3. The lowest BCUT2D eigenvalue weighted by Crippen LogP contribution is -2.10. The summed E-state index contributed by atoms with van der Waals surface area (Å²) in [6.45, 7) is 2.77. The van der Waals surface area contributed by atoms with Crippen LogP contribution in [0.4, 0.5) is 0 Å². The van der Waals surface area contributed by atoms with Crippen LogP contribution in [0.1, 0.15) is 30.7 Å². The van der Waals surface area contributed by atoms with E-state index in [2.05, 4.69) is 26.2 Å². The maximum Gasteiger partial charge on any atom is 0.124 e. The molecular weight excluding hydrogens is 318 g/mol. The van der Waals surface area contributed by atoms with Crippen molar-refractivity contribution in [3.05, 3.63) is 45.1 Å². The maximum absolute atomic E-state index is 10.4. The number of nitrogens with zero attached hydrogens (tertiary/aromatic N) is 3. The Balaban J connectivity index is 2.38. The molecule has 0 bridgehead atoms. The second-order valence-electron chi connectivity index (χ2n) is 3.93. The van der Waals surface area contributed by atoms with E-state index in [9.17, 15) is 5.11 Å². The highest BCUT2D eigenvalue weighted by atomic mass is 79.9. The first-order chi connectivity index (χ1) is 8.65. The van der Waals surface area contributed by atoms with Gasteiger partial charge < -0.3 is 5.11 Å². The predicted octanol–water partition coefficient (Wildman–Crippen LogP) is 3.19. The number of hydrogen-bond donors (Lipinski definition) is 1. The molecule has 1 unspecified atom stereocenters. The smallest absolute Gasteiger partial charge is 0.124 e. The minimum atomic E-state index is -0.823. The lowest BCUT2D eigenvalue weighted by molar-refractivity contribution is 0.207. The van der Waals surface area contributed by atoms with Crippen molar-refractivity contribution in [3.63, 3.8) is 0 Å². The fourth-order valence-electron chi connectivity index (χ4n) is 1.75. The van der Waals surface area contributed by atoms with Gasteiger partial charge in [-0.25, -0.2) is 4.68 Å². The number of benzene rings is 1. The van der Waals surface area contributed by atoms with Gasteiger partial charge in [-0.2, -0.15) is 0 Å². The highest BCUT2D eigenvalue weighted by molar-refractivity contribution is 9.10. The molecule has 0 radical (unpaired) electrons. The fourth-order valence-corrected chi connectivity index (χ4v) is 2.36. The highest BCUT2D eigenvalue weighted by Crippen LogP contribution is 2.32. The molecule has 4 nitrogen and oxygen atoms in total. The SMILES string of the molecule is CCCn1nncc1C(O)c1cccc(Br)c1Cl. The van der Waals surface area contributed by atoms with Crippen LogP contribution >= 0.6 is 27.5 Å². The molecule has 0 fully saturated rings. The highest BCUT2D eigenvalue weighted by Gasteiger charge is 2.19. The summed E-state index contributed by atoms with van der Waals surface area (Å²) in [5.74, 6) is 0. The summed E-state index contributed by atoms with van der Waals surface area (Å²) in [5.41, 5.74) is 1.29. The van der Waals surface area contributed by atoms with Gasteiger partial charge in [0.1, 0.15) is 6.10 Å². The molecule has 0 aliphatic heterocycles. The Hall–Kier alpha value is -0.910. The van der Waals surface area contributed by atoms with Crippen LogP contribution in [-0.2, 0) is 6.54 Å². The van der Waals surface area contributed by atoms with Gasteiger partial charge in [0.15, 0.2) is 0 Å². The second kappa shape index (κ2) is 5.82. The lowest BCUT2D eigenvalue weighted by atomic mass is 10.1. The minimum Gasteiger partial charge on any atom is -0.382 e. The molecule has 0 spiro atoms.